The lowest BCUT2D eigenvalue weighted by Crippen LogP contribution is -2.30. The Hall–Kier alpha value is -2.74. The third kappa shape index (κ3) is 4.08. The minimum atomic E-state index is -1.03. The van der Waals surface area contributed by atoms with Gasteiger partial charge < -0.3 is 14.8 Å². The Morgan fingerprint density at radius 1 is 1.23 bits per heavy atom. The molecule has 1 aromatic heterocycles. The fourth-order valence-electron chi connectivity index (χ4n) is 2.28. The van der Waals surface area contributed by atoms with Gasteiger partial charge in [0, 0.05) is 0 Å². The molecule has 1 amide bonds. The van der Waals surface area contributed by atoms with Crippen LogP contribution in [-0.4, -0.2) is 30.9 Å². The Bertz CT molecular complexity index is 861. The average molecular weight is 379 g/mol. The molecule has 0 aliphatic carbocycles. The Morgan fingerprint density at radius 3 is 2.46 bits per heavy atom. The second kappa shape index (κ2) is 8.09. The van der Waals surface area contributed by atoms with Crippen LogP contribution in [0, 0.1) is 12.7 Å². The quantitative estimate of drug-likeness (QED) is 0.613. The van der Waals surface area contributed by atoms with Crippen LogP contribution in [0.25, 0.3) is 0 Å². The smallest absolute Gasteiger partial charge is 0.341 e. The first-order chi connectivity index (χ1) is 12.3. The van der Waals surface area contributed by atoms with Gasteiger partial charge in [-0.2, -0.15) is 0 Å². The SMILES string of the molecule is COC(=O)c1c(NC(=O)C(C)Oc2ccccc2F)sc(C(C)=O)c1C. The highest BCUT2D eigenvalue weighted by Crippen LogP contribution is 2.34. The van der Waals surface area contributed by atoms with E-state index in [-0.39, 0.29) is 22.1 Å². The van der Waals surface area contributed by atoms with E-state index in [4.69, 9.17) is 9.47 Å². The van der Waals surface area contributed by atoms with Crippen molar-refractivity contribution in [1.82, 2.24) is 0 Å². The predicted octanol–water partition coefficient (Wildman–Crippen LogP) is 3.59. The number of ketones is 1. The maximum Gasteiger partial charge on any atom is 0.341 e. The molecule has 26 heavy (non-hydrogen) atoms. The van der Waals surface area contributed by atoms with Crippen LogP contribution in [0.15, 0.2) is 24.3 Å². The first-order valence-electron chi connectivity index (χ1n) is 7.71. The van der Waals surface area contributed by atoms with E-state index in [2.05, 4.69) is 5.32 Å². The molecule has 0 fully saturated rings. The van der Waals surface area contributed by atoms with E-state index in [0.29, 0.717) is 10.4 Å². The van der Waals surface area contributed by atoms with Crippen LogP contribution in [0.1, 0.15) is 39.4 Å². The highest BCUT2D eigenvalue weighted by atomic mass is 32.1. The van der Waals surface area contributed by atoms with Gasteiger partial charge in [-0.15, -0.1) is 11.3 Å². The molecule has 6 nitrogen and oxygen atoms in total. The fraction of sp³-hybridized carbons (Fsp3) is 0.278. The summed E-state index contributed by atoms with van der Waals surface area (Å²) in [5.74, 6) is -2.13. The Kier molecular flexibility index (Phi) is 6.10. The highest BCUT2D eigenvalue weighted by molar-refractivity contribution is 7.18. The Labute approximate surface area is 153 Å². The molecule has 0 bridgehead atoms. The summed E-state index contributed by atoms with van der Waals surface area (Å²) in [4.78, 5) is 36.5. The number of halogens is 1. The molecular weight excluding hydrogens is 361 g/mol. The molecule has 1 heterocycles. The number of amides is 1. The van der Waals surface area contributed by atoms with Gasteiger partial charge in [-0.1, -0.05) is 12.1 Å². The molecule has 0 radical (unpaired) electrons. The number of thiophene rings is 1. The molecule has 138 valence electrons. The van der Waals surface area contributed by atoms with Gasteiger partial charge >= 0.3 is 5.97 Å². The molecule has 0 aliphatic heterocycles. The van der Waals surface area contributed by atoms with E-state index < -0.39 is 23.8 Å². The third-order valence-corrected chi connectivity index (χ3v) is 4.91. The van der Waals surface area contributed by atoms with Gasteiger partial charge in [-0.25, -0.2) is 9.18 Å². The number of hydrogen-bond acceptors (Lipinski definition) is 6. The summed E-state index contributed by atoms with van der Waals surface area (Å²) < 4.78 is 23.7. The number of benzene rings is 1. The number of esters is 1. The maximum atomic E-state index is 13.6. The van der Waals surface area contributed by atoms with Gasteiger partial charge in [-0.3, -0.25) is 9.59 Å². The summed E-state index contributed by atoms with van der Waals surface area (Å²) >= 11 is 0.981. The second-order valence-corrected chi connectivity index (χ2v) is 6.51. The van der Waals surface area contributed by atoms with Crippen molar-refractivity contribution in [2.24, 2.45) is 0 Å². The van der Waals surface area contributed by atoms with Crippen molar-refractivity contribution in [1.29, 1.82) is 0 Å². The van der Waals surface area contributed by atoms with Crippen molar-refractivity contribution >= 4 is 34.0 Å². The number of para-hydroxylation sites is 1. The minimum absolute atomic E-state index is 0.0601. The average Bonchev–Trinajstić information content (AvgIpc) is 2.92. The zero-order valence-electron chi connectivity index (χ0n) is 14.7. The maximum absolute atomic E-state index is 13.6. The van der Waals surface area contributed by atoms with Crippen LogP contribution in [0.4, 0.5) is 9.39 Å². The molecular formula is C18H18FNO5S. The van der Waals surface area contributed by atoms with Gasteiger partial charge in [0.25, 0.3) is 5.91 Å². The lowest BCUT2D eigenvalue weighted by molar-refractivity contribution is -0.122. The van der Waals surface area contributed by atoms with Crippen molar-refractivity contribution in [3.05, 3.63) is 46.1 Å². The summed E-state index contributed by atoms with van der Waals surface area (Å²) in [7, 11) is 1.21. The molecule has 1 aromatic carbocycles. The molecule has 1 N–H and O–H groups in total. The van der Waals surface area contributed by atoms with E-state index in [1.165, 1.54) is 39.2 Å². The fourth-order valence-corrected chi connectivity index (χ4v) is 3.38. The van der Waals surface area contributed by atoms with Gasteiger partial charge in [0.15, 0.2) is 23.5 Å². The van der Waals surface area contributed by atoms with Crippen LogP contribution in [0.2, 0.25) is 0 Å². The molecule has 2 rings (SSSR count). The second-order valence-electron chi connectivity index (χ2n) is 5.49. The molecule has 0 saturated heterocycles. The Morgan fingerprint density at radius 2 is 1.88 bits per heavy atom. The molecule has 0 aliphatic rings. The summed E-state index contributed by atoms with van der Waals surface area (Å²) in [6.45, 7) is 4.43. The highest BCUT2D eigenvalue weighted by Gasteiger charge is 2.26. The molecule has 1 unspecified atom stereocenters. The zero-order valence-corrected chi connectivity index (χ0v) is 15.5. The van der Waals surface area contributed by atoms with Gasteiger partial charge in [0.2, 0.25) is 0 Å². The van der Waals surface area contributed by atoms with Crippen LogP contribution in [-0.2, 0) is 9.53 Å². The molecule has 0 saturated carbocycles. The normalized spacial score (nSPS) is 11.6. The third-order valence-electron chi connectivity index (χ3n) is 3.60. The van der Waals surface area contributed by atoms with Crippen LogP contribution in [0.3, 0.4) is 0 Å². The molecule has 2 aromatic rings. The molecule has 1 atom stereocenters. The number of methoxy groups -OCH3 is 1. The number of Topliss-reactive ketones (excluding diaryl/α,β-unsaturated/α-hetero) is 1. The van der Waals surface area contributed by atoms with Crippen molar-refractivity contribution in [3.63, 3.8) is 0 Å². The van der Waals surface area contributed by atoms with Crippen molar-refractivity contribution in [2.75, 3.05) is 12.4 Å². The summed E-state index contributed by atoms with van der Waals surface area (Å²) in [5.41, 5.74) is 0.557. The standard InChI is InChI=1S/C18H18FNO5S/c1-9-14(18(23)24-4)17(26-15(9)10(2)21)20-16(22)11(3)25-13-8-6-5-7-12(13)19/h5-8,11H,1-4H3,(H,20,22). The zero-order chi connectivity index (χ0) is 19.4. The van der Waals surface area contributed by atoms with E-state index in [1.807, 2.05) is 0 Å². The van der Waals surface area contributed by atoms with E-state index in [1.54, 1.807) is 13.0 Å². The van der Waals surface area contributed by atoms with Gasteiger partial charge in [0.1, 0.15) is 5.00 Å². The first kappa shape index (κ1) is 19.6. The number of anilines is 1. The monoisotopic (exact) mass is 379 g/mol. The largest absolute Gasteiger partial charge is 0.478 e. The van der Waals surface area contributed by atoms with E-state index in [9.17, 15) is 18.8 Å². The Balaban J connectivity index is 2.25. The summed E-state index contributed by atoms with van der Waals surface area (Å²) in [6.07, 6.45) is -1.03. The minimum Gasteiger partial charge on any atom is -0.478 e. The predicted molar refractivity (Wildman–Crippen MR) is 95.5 cm³/mol. The van der Waals surface area contributed by atoms with Gasteiger partial charge in [0.05, 0.1) is 17.6 Å². The topological polar surface area (TPSA) is 81.7 Å². The number of hydrogen-bond donors (Lipinski definition) is 1. The molecule has 8 heteroatoms. The summed E-state index contributed by atoms with van der Waals surface area (Å²) in [5, 5.41) is 2.75. The molecule has 0 spiro atoms. The van der Waals surface area contributed by atoms with Gasteiger partial charge in [-0.05, 0) is 38.5 Å². The number of ether oxygens (including phenoxy) is 2. The van der Waals surface area contributed by atoms with E-state index >= 15 is 0 Å². The first-order valence-corrected chi connectivity index (χ1v) is 8.52. The number of carbonyl (C=O) groups excluding carboxylic acids is 3. The van der Waals surface area contributed by atoms with Crippen molar-refractivity contribution < 1.29 is 28.2 Å². The lowest BCUT2D eigenvalue weighted by Gasteiger charge is -2.15. The lowest BCUT2D eigenvalue weighted by atomic mass is 10.1. The van der Waals surface area contributed by atoms with Crippen molar-refractivity contribution in [3.8, 4) is 5.75 Å². The number of rotatable bonds is 6. The van der Waals surface area contributed by atoms with E-state index in [0.717, 1.165) is 11.3 Å². The van der Waals surface area contributed by atoms with Crippen LogP contribution < -0.4 is 10.1 Å². The van der Waals surface area contributed by atoms with Crippen LogP contribution in [0.5, 0.6) is 5.75 Å². The number of nitrogens with one attached hydrogen (secondary N) is 1. The van der Waals surface area contributed by atoms with Crippen LogP contribution >= 0.6 is 11.3 Å². The van der Waals surface area contributed by atoms with Crippen molar-refractivity contribution in [2.45, 2.75) is 26.9 Å². The summed E-state index contributed by atoms with van der Waals surface area (Å²) in [6, 6.07) is 5.71. The number of carbonyl (C=O) groups is 3.